The molecular weight excluding hydrogens is 264 g/mol. The summed E-state index contributed by atoms with van der Waals surface area (Å²) in [5.41, 5.74) is 2.82. The maximum Gasteiger partial charge on any atom is 0.169 e. The number of Topliss-reactive ketones (excluding diaryl/α,β-unsaturated/α-hetero) is 1. The summed E-state index contributed by atoms with van der Waals surface area (Å²) in [4.78, 5) is 21.1. The van der Waals surface area contributed by atoms with Gasteiger partial charge in [-0.1, -0.05) is 24.3 Å². The number of methoxy groups -OCH3 is 1. The third kappa shape index (κ3) is 2.60. The zero-order valence-electron chi connectivity index (χ0n) is 11.6. The molecule has 0 spiro atoms. The summed E-state index contributed by atoms with van der Waals surface area (Å²) < 4.78 is 5.29. The van der Waals surface area contributed by atoms with Crippen molar-refractivity contribution >= 4 is 16.8 Å². The topological polar surface area (TPSA) is 52.1 Å². The van der Waals surface area contributed by atoms with Gasteiger partial charge in [0.2, 0.25) is 0 Å². The standard InChI is InChI=1S/C17H14N2O2/c1-21-16-8-3-2-5-12(16)11-15(20)13-6-4-7-14-17(13)19-10-9-18-14/h2-10H,11H2,1H3. The van der Waals surface area contributed by atoms with E-state index in [-0.39, 0.29) is 12.2 Å². The Bertz CT molecular complexity index is 794. The first-order chi connectivity index (χ1) is 10.3. The molecule has 0 aliphatic carbocycles. The highest BCUT2D eigenvalue weighted by Gasteiger charge is 2.14. The molecule has 0 bridgehead atoms. The Morgan fingerprint density at radius 3 is 2.71 bits per heavy atom. The van der Waals surface area contributed by atoms with Crippen molar-refractivity contribution in [2.24, 2.45) is 0 Å². The summed E-state index contributed by atoms with van der Waals surface area (Å²) in [6.07, 6.45) is 3.50. The molecule has 0 aliphatic heterocycles. The maximum absolute atomic E-state index is 12.6. The van der Waals surface area contributed by atoms with Crippen LogP contribution in [0.4, 0.5) is 0 Å². The van der Waals surface area contributed by atoms with Gasteiger partial charge in [-0.15, -0.1) is 0 Å². The van der Waals surface area contributed by atoms with Gasteiger partial charge < -0.3 is 4.74 Å². The number of carbonyl (C=O) groups excluding carboxylic acids is 1. The number of rotatable bonds is 4. The molecule has 2 aromatic carbocycles. The Morgan fingerprint density at radius 1 is 1.05 bits per heavy atom. The average molecular weight is 278 g/mol. The number of hydrogen-bond acceptors (Lipinski definition) is 4. The average Bonchev–Trinajstić information content (AvgIpc) is 2.54. The molecule has 104 valence electrons. The van der Waals surface area contributed by atoms with Crippen LogP contribution in [0.1, 0.15) is 15.9 Å². The van der Waals surface area contributed by atoms with E-state index >= 15 is 0 Å². The van der Waals surface area contributed by atoms with E-state index in [1.54, 1.807) is 25.6 Å². The van der Waals surface area contributed by atoms with Gasteiger partial charge in [0.05, 0.1) is 18.1 Å². The summed E-state index contributed by atoms with van der Waals surface area (Å²) in [6.45, 7) is 0. The van der Waals surface area contributed by atoms with Gasteiger partial charge in [0.1, 0.15) is 5.75 Å². The normalized spacial score (nSPS) is 10.5. The van der Waals surface area contributed by atoms with Crippen molar-refractivity contribution in [1.29, 1.82) is 0 Å². The number of ether oxygens (including phenoxy) is 1. The molecule has 3 rings (SSSR count). The van der Waals surface area contributed by atoms with E-state index < -0.39 is 0 Å². The summed E-state index contributed by atoms with van der Waals surface area (Å²) in [7, 11) is 1.60. The molecule has 0 aliphatic rings. The minimum Gasteiger partial charge on any atom is -0.496 e. The van der Waals surface area contributed by atoms with E-state index in [1.807, 2.05) is 36.4 Å². The van der Waals surface area contributed by atoms with Crippen LogP contribution in [0, 0.1) is 0 Å². The lowest BCUT2D eigenvalue weighted by molar-refractivity contribution is 0.0993. The van der Waals surface area contributed by atoms with E-state index in [9.17, 15) is 4.79 Å². The third-order valence-corrected chi connectivity index (χ3v) is 3.34. The summed E-state index contributed by atoms with van der Waals surface area (Å²) in [6, 6.07) is 13.0. The molecule has 3 aromatic rings. The number of nitrogens with zero attached hydrogens (tertiary/aromatic N) is 2. The molecule has 0 atom stereocenters. The monoisotopic (exact) mass is 278 g/mol. The number of carbonyl (C=O) groups is 1. The quantitative estimate of drug-likeness (QED) is 0.688. The van der Waals surface area contributed by atoms with Crippen molar-refractivity contribution < 1.29 is 9.53 Å². The van der Waals surface area contributed by atoms with E-state index in [4.69, 9.17) is 4.74 Å². The maximum atomic E-state index is 12.6. The largest absolute Gasteiger partial charge is 0.496 e. The summed E-state index contributed by atoms with van der Waals surface area (Å²) >= 11 is 0. The molecular formula is C17H14N2O2. The van der Waals surface area contributed by atoms with Crippen LogP contribution in [0.25, 0.3) is 11.0 Å². The van der Waals surface area contributed by atoms with Gasteiger partial charge in [-0.05, 0) is 18.2 Å². The Morgan fingerprint density at radius 2 is 1.86 bits per heavy atom. The minimum absolute atomic E-state index is 0.00519. The highest BCUT2D eigenvalue weighted by atomic mass is 16.5. The smallest absolute Gasteiger partial charge is 0.169 e. The SMILES string of the molecule is COc1ccccc1CC(=O)c1cccc2nccnc12. The van der Waals surface area contributed by atoms with Crippen molar-refractivity contribution in [2.45, 2.75) is 6.42 Å². The van der Waals surface area contributed by atoms with Gasteiger partial charge in [0.25, 0.3) is 0 Å². The fourth-order valence-electron chi connectivity index (χ4n) is 2.33. The lowest BCUT2D eigenvalue weighted by atomic mass is 10.0. The van der Waals surface area contributed by atoms with Crippen LogP contribution in [0.3, 0.4) is 0 Å². The predicted octanol–water partition coefficient (Wildman–Crippen LogP) is 3.06. The molecule has 1 heterocycles. The first-order valence-electron chi connectivity index (χ1n) is 6.64. The molecule has 1 aromatic heterocycles. The first-order valence-corrected chi connectivity index (χ1v) is 6.64. The van der Waals surface area contributed by atoms with Gasteiger partial charge in [-0.2, -0.15) is 0 Å². The van der Waals surface area contributed by atoms with Crippen molar-refractivity contribution in [3.05, 3.63) is 66.0 Å². The number of hydrogen-bond donors (Lipinski definition) is 0. The fourth-order valence-corrected chi connectivity index (χ4v) is 2.33. The van der Waals surface area contributed by atoms with E-state index in [0.717, 1.165) is 16.8 Å². The van der Waals surface area contributed by atoms with Gasteiger partial charge in [-0.25, -0.2) is 0 Å². The van der Waals surface area contributed by atoms with Crippen LogP contribution in [0.15, 0.2) is 54.9 Å². The predicted molar refractivity (Wildman–Crippen MR) is 80.6 cm³/mol. The number of fused-ring (bicyclic) bond motifs is 1. The van der Waals surface area contributed by atoms with Crippen molar-refractivity contribution in [1.82, 2.24) is 9.97 Å². The molecule has 0 radical (unpaired) electrons. The highest BCUT2D eigenvalue weighted by Crippen LogP contribution is 2.21. The molecule has 21 heavy (non-hydrogen) atoms. The van der Waals surface area contributed by atoms with Crippen LogP contribution in [-0.4, -0.2) is 22.9 Å². The van der Waals surface area contributed by atoms with Crippen LogP contribution in [-0.2, 0) is 6.42 Å². The Kier molecular flexibility index (Phi) is 3.60. The van der Waals surface area contributed by atoms with E-state index in [1.165, 1.54) is 0 Å². The highest BCUT2D eigenvalue weighted by molar-refractivity contribution is 6.06. The Labute approximate surface area is 122 Å². The molecule has 4 heteroatoms. The second-order valence-electron chi connectivity index (χ2n) is 4.64. The molecule has 4 nitrogen and oxygen atoms in total. The second-order valence-corrected chi connectivity index (χ2v) is 4.64. The van der Waals surface area contributed by atoms with Crippen molar-refractivity contribution in [3.8, 4) is 5.75 Å². The number of para-hydroxylation sites is 2. The lowest BCUT2D eigenvalue weighted by Crippen LogP contribution is -2.06. The Balaban J connectivity index is 1.98. The summed E-state index contributed by atoms with van der Waals surface area (Å²) in [5.74, 6) is 0.725. The second kappa shape index (κ2) is 5.71. The molecule has 0 saturated carbocycles. The van der Waals surface area contributed by atoms with Crippen LogP contribution in [0.2, 0.25) is 0 Å². The van der Waals surface area contributed by atoms with Crippen LogP contribution < -0.4 is 4.74 Å². The molecule has 0 unspecified atom stereocenters. The van der Waals surface area contributed by atoms with Gasteiger partial charge in [-0.3, -0.25) is 14.8 Å². The molecule has 0 saturated heterocycles. The summed E-state index contributed by atoms with van der Waals surface area (Å²) in [5, 5.41) is 0. The molecule has 0 fully saturated rings. The van der Waals surface area contributed by atoms with Crippen molar-refractivity contribution in [2.75, 3.05) is 7.11 Å². The minimum atomic E-state index is 0.00519. The fraction of sp³-hybridized carbons (Fsp3) is 0.118. The molecule has 0 N–H and O–H groups in total. The van der Waals surface area contributed by atoms with Crippen molar-refractivity contribution in [3.63, 3.8) is 0 Å². The number of benzene rings is 2. The van der Waals surface area contributed by atoms with Gasteiger partial charge in [0.15, 0.2) is 5.78 Å². The Hall–Kier alpha value is -2.75. The first kappa shape index (κ1) is 13.2. The zero-order chi connectivity index (χ0) is 14.7. The molecule has 0 amide bonds. The van der Waals surface area contributed by atoms with E-state index in [0.29, 0.717) is 11.1 Å². The zero-order valence-corrected chi connectivity index (χ0v) is 11.6. The van der Waals surface area contributed by atoms with Gasteiger partial charge in [0, 0.05) is 29.9 Å². The lowest BCUT2D eigenvalue weighted by Gasteiger charge is -2.08. The number of ketones is 1. The van der Waals surface area contributed by atoms with E-state index in [2.05, 4.69) is 9.97 Å². The van der Waals surface area contributed by atoms with Crippen LogP contribution >= 0.6 is 0 Å². The third-order valence-electron chi connectivity index (χ3n) is 3.34. The number of aromatic nitrogens is 2. The van der Waals surface area contributed by atoms with Gasteiger partial charge >= 0.3 is 0 Å². The van der Waals surface area contributed by atoms with Crippen LogP contribution in [0.5, 0.6) is 5.75 Å².